The molecule has 0 saturated heterocycles. The maximum absolute atomic E-state index is 13.7. The third kappa shape index (κ3) is 2.31. The summed E-state index contributed by atoms with van der Waals surface area (Å²) in [5, 5.41) is 0.400. The van der Waals surface area contributed by atoms with Crippen molar-refractivity contribution in [2.75, 3.05) is 0 Å². The number of hydrogen-bond donors (Lipinski definition) is 0. The van der Waals surface area contributed by atoms with Crippen LogP contribution in [-0.4, -0.2) is 0 Å². The average Bonchev–Trinajstić information content (AvgIpc) is 2.52. The van der Waals surface area contributed by atoms with E-state index < -0.39 is 17.5 Å². The Labute approximate surface area is 120 Å². The first-order chi connectivity index (χ1) is 10.1. The monoisotopic (exact) mass is 284 g/mol. The molecule has 3 aromatic rings. The largest absolute Gasteiger partial charge is 0.204 e. The number of halogens is 3. The molecule has 0 aliphatic rings. The van der Waals surface area contributed by atoms with Crippen LogP contribution in [0.1, 0.15) is 5.56 Å². The molecule has 21 heavy (non-hydrogen) atoms. The summed E-state index contributed by atoms with van der Waals surface area (Å²) >= 11 is 0. The van der Waals surface area contributed by atoms with Crippen LogP contribution in [0.3, 0.4) is 0 Å². The van der Waals surface area contributed by atoms with Crippen molar-refractivity contribution in [3.63, 3.8) is 0 Å². The summed E-state index contributed by atoms with van der Waals surface area (Å²) in [5.74, 6) is -3.77. The summed E-state index contributed by atoms with van der Waals surface area (Å²) in [6.07, 6.45) is 1.73. The molecule has 3 aromatic carbocycles. The molecule has 3 rings (SSSR count). The topological polar surface area (TPSA) is 0 Å². The predicted molar refractivity (Wildman–Crippen MR) is 79.3 cm³/mol. The summed E-state index contributed by atoms with van der Waals surface area (Å²) < 4.78 is 40.2. The van der Waals surface area contributed by atoms with Crippen LogP contribution in [0.5, 0.6) is 0 Å². The van der Waals surface area contributed by atoms with Crippen LogP contribution in [0.4, 0.5) is 13.2 Å². The summed E-state index contributed by atoms with van der Waals surface area (Å²) in [4.78, 5) is 0. The van der Waals surface area contributed by atoms with Crippen LogP contribution in [-0.2, 0) is 0 Å². The zero-order chi connectivity index (χ0) is 15.0. The number of fused-ring (bicyclic) bond motifs is 1. The van der Waals surface area contributed by atoms with E-state index in [4.69, 9.17) is 0 Å². The molecule has 104 valence electrons. The number of hydrogen-bond acceptors (Lipinski definition) is 0. The fraction of sp³-hybridized carbons (Fsp3) is 0. The highest BCUT2D eigenvalue weighted by Crippen LogP contribution is 2.28. The standard InChI is InChI=1S/C18H11F3/c1-2-11-3-5-12(6-4-11)13-7-8-15-14(9-13)10-16(19)18(21)17(15)20/h2-10H,1H2. The van der Waals surface area contributed by atoms with Crippen LogP contribution in [0.15, 0.2) is 55.1 Å². The molecule has 0 aliphatic heterocycles. The van der Waals surface area contributed by atoms with E-state index in [-0.39, 0.29) is 5.39 Å². The molecular formula is C18H11F3. The molecular weight excluding hydrogens is 273 g/mol. The van der Waals surface area contributed by atoms with Gasteiger partial charge in [0.25, 0.3) is 0 Å². The molecule has 0 N–H and O–H groups in total. The van der Waals surface area contributed by atoms with Gasteiger partial charge in [-0.25, -0.2) is 13.2 Å². The van der Waals surface area contributed by atoms with Crippen molar-refractivity contribution in [2.45, 2.75) is 0 Å². The van der Waals surface area contributed by atoms with E-state index in [0.717, 1.165) is 22.8 Å². The normalized spacial score (nSPS) is 10.8. The summed E-state index contributed by atoms with van der Waals surface area (Å²) in [6.45, 7) is 3.68. The van der Waals surface area contributed by atoms with Crippen LogP contribution in [0.2, 0.25) is 0 Å². The van der Waals surface area contributed by atoms with Crippen molar-refractivity contribution in [3.8, 4) is 11.1 Å². The molecule has 3 heteroatoms. The lowest BCUT2D eigenvalue weighted by Gasteiger charge is -2.06. The smallest absolute Gasteiger partial charge is 0.195 e. The Morgan fingerprint density at radius 2 is 1.43 bits per heavy atom. The van der Waals surface area contributed by atoms with Gasteiger partial charge in [0.05, 0.1) is 0 Å². The van der Waals surface area contributed by atoms with Crippen molar-refractivity contribution >= 4 is 16.8 Å². The molecule has 0 aliphatic carbocycles. The first-order valence-corrected chi connectivity index (χ1v) is 6.40. The van der Waals surface area contributed by atoms with Gasteiger partial charge in [0.2, 0.25) is 0 Å². The lowest BCUT2D eigenvalue weighted by atomic mass is 10.00. The highest BCUT2D eigenvalue weighted by atomic mass is 19.2. The molecule has 0 amide bonds. The molecule has 0 heterocycles. The van der Waals surface area contributed by atoms with Gasteiger partial charge in [0.15, 0.2) is 17.5 Å². The predicted octanol–water partition coefficient (Wildman–Crippen LogP) is 5.57. The molecule has 0 bridgehead atoms. The Hall–Kier alpha value is -2.55. The second-order valence-electron chi connectivity index (χ2n) is 4.75. The second-order valence-corrected chi connectivity index (χ2v) is 4.75. The van der Waals surface area contributed by atoms with E-state index in [0.29, 0.717) is 5.39 Å². The van der Waals surface area contributed by atoms with Crippen LogP contribution in [0.25, 0.3) is 28.0 Å². The Kier molecular flexibility index (Phi) is 3.26. The van der Waals surface area contributed by atoms with E-state index in [2.05, 4.69) is 6.58 Å². The Balaban J connectivity index is 2.16. The van der Waals surface area contributed by atoms with Gasteiger partial charge < -0.3 is 0 Å². The minimum Gasteiger partial charge on any atom is -0.204 e. The number of rotatable bonds is 2. The molecule has 0 nitrogen and oxygen atoms in total. The van der Waals surface area contributed by atoms with Gasteiger partial charge in [-0.1, -0.05) is 49.1 Å². The first kappa shape index (κ1) is 13.4. The third-order valence-electron chi connectivity index (χ3n) is 3.45. The molecule has 0 saturated carbocycles. The zero-order valence-electron chi connectivity index (χ0n) is 11.0. The van der Waals surface area contributed by atoms with Gasteiger partial charge in [-0.2, -0.15) is 0 Å². The van der Waals surface area contributed by atoms with Gasteiger partial charge in [0, 0.05) is 5.39 Å². The molecule has 0 spiro atoms. The molecule has 0 fully saturated rings. The van der Waals surface area contributed by atoms with Gasteiger partial charge in [-0.05, 0) is 34.2 Å². The van der Waals surface area contributed by atoms with Crippen molar-refractivity contribution < 1.29 is 13.2 Å². The molecule has 0 aromatic heterocycles. The summed E-state index contributed by atoms with van der Waals surface area (Å²) in [5.41, 5.74) is 2.70. The molecule has 0 unspecified atom stereocenters. The number of benzene rings is 3. The van der Waals surface area contributed by atoms with E-state index >= 15 is 0 Å². The Morgan fingerprint density at radius 1 is 0.762 bits per heavy atom. The first-order valence-electron chi connectivity index (χ1n) is 6.40. The van der Waals surface area contributed by atoms with Crippen molar-refractivity contribution in [1.29, 1.82) is 0 Å². The highest BCUT2D eigenvalue weighted by Gasteiger charge is 2.13. The Morgan fingerprint density at radius 3 is 2.10 bits per heavy atom. The maximum atomic E-state index is 13.7. The van der Waals surface area contributed by atoms with E-state index in [1.54, 1.807) is 18.2 Å². The average molecular weight is 284 g/mol. The van der Waals surface area contributed by atoms with Gasteiger partial charge in [-0.3, -0.25) is 0 Å². The second kappa shape index (κ2) is 5.09. The fourth-order valence-electron chi connectivity index (χ4n) is 2.30. The lowest BCUT2D eigenvalue weighted by molar-refractivity contribution is 0.453. The molecule has 0 radical (unpaired) electrons. The molecule has 0 atom stereocenters. The van der Waals surface area contributed by atoms with E-state index in [1.165, 1.54) is 6.07 Å². The summed E-state index contributed by atoms with van der Waals surface area (Å²) in [7, 11) is 0. The van der Waals surface area contributed by atoms with Crippen LogP contribution < -0.4 is 0 Å². The SMILES string of the molecule is C=Cc1ccc(-c2ccc3c(F)c(F)c(F)cc3c2)cc1. The minimum absolute atomic E-state index is 0.0698. The minimum atomic E-state index is -1.44. The lowest BCUT2D eigenvalue weighted by Crippen LogP contribution is -1.92. The fourth-order valence-corrected chi connectivity index (χ4v) is 2.30. The van der Waals surface area contributed by atoms with Gasteiger partial charge in [0.1, 0.15) is 0 Å². The highest BCUT2D eigenvalue weighted by molar-refractivity contribution is 5.88. The van der Waals surface area contributed by atoms with Gasteiger partial charge >= 0.3 is 0 Å². The Bertz CT molecular complexity index is 833. The van der Waals surface area contributed by atoms with Crippen molar-refractivity contribution in [2.24, 2.45) is 0 Å². The van der Waals surface area contributed by atoms with Crippen LogP contribution >= 0.6 is 0 Å². The van der Waals surface area contributed by atoms with Crippen LogP contribution in [0, 0.1) is 17.5 Å². The summed E-state index contributed by atoms with van der Waals surface area (Å²) in [6, 6.07) is 13.4. The quantitative estimate of drug-likeness (QED) is 0.540. The van der Waals surface area contributed by atoms with Crippen molar-refractivity contribution in [3.05, 3.63) is 78.1 Å². The van der Waals surface area contributed by atoms with E-state index in [1.807, 2.05) is 24.3 Å². The van der Waals surface area contributed by atoms with E-state index in [9.17, 15) is 13.2 Å². The maximum Gasteiger partial charge on any atom is 0.195 e. The van der Waals surface area contributed by atoms with Crippen molar-refractivity contribution in [1.82, 2.24) is 0 Å². The van der Waals surface area contributed by atoms with Gasteiger partial charge in [-0.15, -0.1) is 0 Å². The zero-order valence-corrected chi connectivity index (χ0v) is 11.0. The third-order valence-corrected chi connectivity index (χ3v) is 3.45.